The Morgan fingerprint density at radius 1 is 0.406 bits per heavy atom. The van der Waals surface area contributed by atoms with Crippen LogP contribution in [0, 0.1) is 0 Å². The fourth-order valence-corrected chi connectivity index (χ4v) is 4.06. The molecule has 0 aliphatic carbocycles. The van der Waals surface area contributed by atoms with Crippen LogP contribution in [-0.4, -0.2) is 19.9 Å². The van der Waals surface area contributed by atoms with Crippen molar-refractivity contribution in [3.63, 3.8) is 0 Å². The Morgan fingerprint density at radius 3 is 1.72 bits per heavy atom. The standard InChI is InChI=1S/C28H18N4/c1-2-8-20(9-3-1)27-29-18-30-28(32-27)21-16-14-19(15-17-21)26-24-12-5-4-10-22(24)23-11-6-7-13-25(23)31-26/h1-18H. The molecule has 6 aromatic rings. The zero-order chi connectivity index (χ0) is 21.3. The van der Waals surface area contributed by atoms with Crippen molar-refractivity contribution in [1.29, 1.82) is 0 Å². The summed E-state index contributed by atoms with van der Waals surface area (Å²) in [6, 6.07) is 34.9. The molecule has 0 unspecified atom stereocenters. The van der Waals surface area contributed by atoms with E-state index in [0.717, 1.165) is 33.3 Å². The van der Waals surface area contributed by atoms with E-state index in [1.165, 1.54) is 10.8 Å². The number of rotatable bonds is 3. The molecule has 150 valence electrons. The molecule has 0 fully saturated rings. The Balaban J connectivity index is 1.44. The summed E-state index contributed by atoms with van der Waals surface area (Å²) in [7, 11) is 0. The Bertz CT molecular complexity index is 1560. The zero-order valence-electron chi connectivity index (χ0n) is 17.2. The lowest BCUT2D eigenvalue weighted by Crippen LogP contribution is -1.95. The average molecular weight is 410 g/mol. The summed E-state index contributed by atoms with van der Waals surface area (Å²) in [5, 5.41) is 3.52. The van der Waals surface area contributed by atoms with Gasteiger partial charge in [0.2, 0.25) is 0 Å². The van der Waals surface area contributed by atoms with Crippen molar-refractivity contribution in [1.82, 2.24) is 19.9 Å². The van der Waals surface area contributed by atoms with Gasteiger partial charge in [-0.15, -0.1) is 0 Å². The van der Waals surface area contributed by atoms with Crippen LogP contribution >= 0.6 is 0 Å². The summed E-state index contributed by atoms with van der Waals surface area (Å²) in [5.74, 6) is 1.32. The number of benzene rings is 4. The highest BCUT2D eigenvalue weighted by Crippen LogP contribution is 2.33. The largest absolute Gasteiger partial charge is 0.247 e. The second kappa shape index (κ2) is 7.67. The van der Waals surface area contributed by atoms with Crippen LogP contribution < -0.4 is 0 Å². The number of hydrogen-bond acceptors (Lipinski definition) is 4. The molecule has 0 aliphatic heterocycles. The smallest absolute Gasteiger partial charge is 0.163 e. The molecule has 4 aromatic carbocycles. The molecule has 0 aliphatic rings. The first-order chi connectivity index (χ1) is 15.9. The molecule has 2 heterocycles. The first kappa shape index (κ1) is 18.3. The molecule has 0 radical (unpaired) electrons. The lowest BCUT2D eigenvalue weighted by molar-refractivity contribution is 1.07. The molecule has 0 amide bonds. The third kappa shape index (κ3) is 3.19. The van der Waals surface area contributed by atoms with E-state index in [-0.39, 0.29) is 0 Å². The quantitative estimate of drug-likeness (QED) is 0.310. The number of pyridine rings is 1. The Morgan fingerprint density at radius 2 is 0.969 bits per heavy atom. The van der Waals surface area contributed by atoms with Crippen molar-refractivity contribution >= 4 is 21.7 Å². The van der Waals surface area contributed by atoms with Gasteiger partial charge in [0.1, 0.15) is 6.33 Å². The van der Waals surface area contributed by atoms with Crippen molar-refractivity contribution in [3.05, 3.63) is 109 Å². The maximum atomic E-state index is 4.99. The average Bonchev–Trinajstić information content (AvgIpc) is 2.89. The summed E-state index contributed by atoms with van der Waals surface area (Å²) in [6.07, 6.45) is 1.57. The second-order valence-electron chi connectivity index (χ2n) is 7.60. The molecule has 0 saturated carbocycles. The molecule has 4 heteroatoms. The first-order valence-corrected chi connectivity index (χ1v) is 10.5. The fraction of sp³-hybridized carbons (Fsp3) is 0. The van der Waals surface area contributed by atoms with Crippen molar-refractivity contribution in [2.75, 3.05) is 0 Å². The van der Waals surface area contributed by atoms with E-state index in [1.807, 2.05) is 48.5 Å². The minimum Gasteiger partial charge on any atom is -0.247 e. The maximum Gasteiger partial charge on any atom is 0.163 e. The second-order valence-corrected chi connectivity index (χ2v) is 7.60. The molecule has 0 atom stereocenters. The third-order valence-corrected chi connectivity index (χ3v) is 5.63. The molecule has 32 heavy (non-hydrogen) atoms. The van der Waals surface area contributed by atoms with Crippen molar-refractivity contribution in [2.45, 2.75) is 0 Å². The van der Waals surface area contributed by atoms with Crippen molar-refractivity contribution < 1.29 is 0 Å². The third-order valence-electron chi connectivity index (χ3n) is 5.63. The van der Waals surface area contributed by atoms with E-state index in [9.17, 15) is 0 Å². The highest BCUT2D eigenvalue weighted by atomic mass is 15.0. The van der Waals surface area contributed by atoms with Crippen molar-refractivity contribution in [3.8, 4) is 34.0 Å². The predicted molar refractivity (Wildman–Crippen MR) is 129 cm³/mol. The van der Waals surface area contributed by atoms with Gasteiger partial charge in [0.25, 0.3) is 0 Å². The molecule has 4 nitrogen and oxygen atoms in total. The lowest BCUT2D eigenvalue weighted by atomic mass is 9.99. The maximum absolute atomic E-state index is 4.99. The van der Waals surface area contributed by atoms with Gasteiger partial charge >= 0.3 is 0 Å². The summed E-state index contributed by atoms with van der Waals surface area (Å²) >= 11 is 0. The van der Waals surface area contributed by atoms with Gasteiger partial charge in [-0.1, -0.05) is 97.1 Å². The van der Waals surface area contributed by atoms with E-state index in [1.54, 1.807) is 6.33 Å². The summed E-state index contributed by atoms with van der Waals surface area (Å²) in [5.41, 5.74) is 4.95. The highest BCUT2D eigenvalue weighted by Gasteiger charge is 2.11. The van der Waals surface area contributed by atoms with Gasteiger partial charge in [-0.2, -0.15) is 0 Å². The molecular weight excluding hydrogens is 392 g/mol. The normalized spacial score (nSPS) is 11.1. The molecule has 0 saturated heterocycles. The molecule has 6 rings (SSSR count). The van der Waals surface area contributed by atoms with Crippen LogP contribution in [0.4, 0.5) is 0 Å². The summed E-state index contributed by atoms with van der Waals surface area (Å²) in [6.45, 7) is 0. The van der Waals surface area contributed by atoms with E-state index in [2.05, 4.69) is 69.5 Å². The Labute approximate surface area is 185 Å². The molecule has 0 bridgehead atoms. The topological polar surface area (TPSA) is 51.6 Å². The minimum absolute atomic E-state index is 0.654. The fourth-order valence-electron chi connectivity index (χ4n) is 4.06. The van der Waals surface area contributed by atoms with Crippen molar-refractivity contribution in [2.24, 2.45) is 0 Å². The van der Waals surface area contributed by atoms with Crippen LogP contribution in [0.2, 0.25) is 0 Å². The molecular formula is C28H18N4. The van der Waals surface area contributed by atoms with Crippen LogP contribution in [0.3, 0.4) is 0 Å². The zero-order valence-corrected chi connectivity index (χ0v) is 17.2. The van der Waals surface area contributed by atoms with Crippen LogP contribution in [0.15, 0.2) is 109 Å². The van der Waals surface area contributed by atoms with Gasteiger partial charge in [0, 0.05) is 27.5 Å². The lowest BCUT2D eigenvalue weighted by Gasteiger charge is -2.10. The number of fused-ring (bicyclic) bond motifs is 3. The summed E-state index contributed by atoms with van der Waals surface area (Å²) in [4.78, 5) is 18.4. The van der Waals surface area contributed by atoms with Crippen LogP contribution in [0.1, 0.15) is 0 Å². The number of para-hydroxylation sites is 1. The van der Waals surface area contributed by atoms with Gasteiger partial charge in [-0.25, -0.2) is 19.9 Å². The van der Waals surface area contributed by atoms with E-state index in [4.69, 9.17) is 4.98 Å². The Hall–Kier alpha value is -4.44. The number of aromatic nitrogens is 4. The monoisotopic (exact) mass is 410 g/mol. The van der Waals surface area contributed by atoms with Gasteiger partial charge in [0.05, 0.1) is 11.2 Å². The van der Waals surface area contributed by atoms with Gasteiger partial charge in [-0.05, 0) is 11.5 Å². The van der Waals surface area contributed by atoms with E-state index in [0.29, 0.717) is 11.6 Å². The predicted octanol–water partition coefficient (Wildman–Crippen LogP) is 6.57. The molecule has 0 N–H and O–H groups in total. The van der Waals surface area contributed by atoms with Gasteiger partial charge in [0.15, 0.2) is 11.6 Å². The number of hydrogen-bond donors (Lipinski definition) is 0. The van der Waals surface area contributed by atoms with Crippen LogP contribution in [0.5, 0.6) is 0 Å². The summed E-state index contributed by atoms with van der Waals surface area (Å²) < 4.78 is 0. The van der Waals surface area contributed by atoms with Gasteiger partial charge < -0.3 is 0 Å². The molecule has 2 aromatic heterocycles. The SMILES string of the molecule is c1ccc(-c2ncnc(-c3ccc(-c4nc5ccccc5c5ccccc45)cc3)n2)cc1. The first-order valence-electron chi connectivity index (χ1n) is 10.5. The Kier molecular flexibility index (Phi) is 4.40. The van der Waals surface area contributed by atoms with E-state index >= 15 is 0 Å². The number of nitrogens with zero attached hydrogens (tertiary/aromatic N) is 4. The van der Waals surface area contributed by atoms with Crippen LogP contribution in [-0.2, 0) is 0 Å². The van der Waals surface area contributed by atoms with Crippen LogP contribution in [0.25, 0.3) is 55.7 Å². The highest BCUT2D eigenvalue weighted by molar-refractivity contribution is 6.10. The minimum atomic E-state index is 0.654. The van der Waals surface area contributed by atoms with E-state index < -0.39 is 0 Å². The van der Waals surface area contributed by atoms with Gasteiger partial charge in [-0.3, -0.25) is 0 Å². The molecule has 0 spiro atoms.